The third kappa shape index (κ3) is 40.8. The summed E-state index contributed by atoms with van der Waals surface area (Å²) in [6.07, 6.45) is 10.9. The number of carbonyl (C=O) groups excluding carboxylic acids is 6. The summed E-state index contributed by atoms with van der Waals surface area (Å²) in [5, 5.41) is 47.5. The van der Waals surface area contributed by atoms with E-state index in [1.54, 1.807) is 0 Å². The zero-order valence-corrected chi connectivity index (χ0v) is 41.3. The van der Waals surface area contributed by atoms with Crippen molar-refractivity contribution in [1.29, 1.82) is 0 Å². The number of amides is 4. The zero-order valence-electron chi connectivity index (χ0n) is 41.3. The summed E-state index contributed by atoms with van der Waals surface area (Å²) >= 11 is 0. The minimum Gasteiger partial charge on any atom is -0.481 e. The normalized spacial score (nSPS) is 12.3. The van der Waals surface area contributed by atoms with Crippen LogP contribution < -0.4 is 21.3 Å². The molecule has 402 valence electrons. The number of carboxylic acids is 4. The summed E-state index contributed by atoms with van der Waals surface area (Å²) in [6, 6.07) is -2.97. The number of ketones is 2. The van der Waals surface area contributed by atoms with Crippen LogP contribution in [-0.4, -0.2) is 158 Å². The largest absolute Gasteiger partial charge is 0.481 e. The monoisotopic (exact) mass is 1000 g/mol. The molecule has 0 radical (unpaired) electrons. The van der Waals surface area contributed by atoms with Crippen LogP contribution in [-0.2, 0) is 66.9 Å². The number of carbonyl (C=O) groups is 10. The lowest BCUT2D eigenvalue weighted by Gasteiger charge is -2.17. The Morgan fingerprint density at radius 3 is 1.37 bits per heavy atom. The van der Waals surface area contributed by atoms with Crippen molar-refractivity contribution < 1.29 is 87.3 Å². The van der Waals surface area contributed by atoms with Gasteiger partial charge in [0.1, 0.15) is 36.9 Å². The first-order valence-corrected chi connectivity index (χ1v) is 24.9. The minimum absolute atomic E-state index is 0.0372. The lowest BCUT2D eigenvalue weighted by atomic mass is 9.94. The predicted molar refractivity (Wildman–Crippen MR) is 254 cm³/mol. The maximum atomic E-state index is 12.6. The molecule has 0 aromatic carbocycles. The Kier molecular flexibility index (Phi) is 40.7. The van der Waals surface area contributed by atoms with E-state index in [-0.39, 0.29) is 134 Å². The van der Waals surface area contributed by atoms with E-state index in [0.717, 1.165) is 70.6 Å². The van der Waals surface area contributed by atoms with Gasteiger partial charge in [0.25, 0.3) is 0 Å². The summed E-state index contributed by atoms with van der Waals surface area (Å²) in [4.78, 5) is 120. The summed E-state index contributed by atoms with van der Waals surface area (Å²) < 4.78 is 21.3. The van der Waals surface area contributed by atoms with Crippen molar-refractivity contribution in [3.63, 3.8) is 0 Å². The second-order valence-electron chi connectivity index (χ2n) is 17.1. The van der Waals surface area contributed by atoms with Gasteiger partial charge >= 0.3 is 23.9 Å². The second-order valence-corrected chi connectivity index (χ2v) is 17.1. The number of nitrogens with one attached hydrogen (secondary N) is 4. The van der Waals surface area contributed by atoms with Crippen LogP contribution in [0.2, 0.25) is 0 Å². The lowest BCUT2D eigenvalue weighted by Crippen LogP contribution is -2.44. The molecule has 0 bridgehead atoms. The Bertz CT molecular complexity index is 1550. The molecule has 0 saturated carbocycles. The fourth-order valence-corrected chi connectivity index (χ4v) is 6.87. The molecule has 0 unspecified atom stereocenters. The maximum Gasteiger partial charge on any atom is 0.326 e. The van der Waals surface area contributed by atoms with Gasteiger partial charge in [-0.15, -0.1) is 0 Å². The van der Waals surface area contributed by atoms with E-state index < -0.39 is 66.5 Å². The first-order valence-electron chi connectivity index (χ1n) is 24.9. The molecule has 4 amide bonds. The standard InChI is InChI=1S/C48H82N4O18/c1-2-3-14-25-49-43(57)34-70-32-30-68-28-26-50-44(58)35-69-31-29-67-27-15-17-37(53)20-21-39(47(63)64)51-42(56)24-22-40(48(65)66)52-41(55)23-19-36(46(61)62)33-38(54)16-12-10-8-6-4-5-7-9-11-13-18-45(59)60/h36,39-40H,2-35H2,1H3,(H,49,57)(H,50,58)(H,51,56)(H,52,55)(H,59,60)(H,61,62)(H,63,64)(H,65,66)/t36-,39+,40+/m1/s1. The molecule has 0 aromatic rings. The van der Waals surface area contributed by atoms with Crippen LogP contribution in [0.15, 0.2) is 0 Å². The fraction of sp³-hybridized carbons (Fsp3) is 0.792. The summed E-state index contributed by atoms with van der Waals surface area (Å²) in [6.45, 7) is 4.02. The highest BCUT2D eigenvalue weighted by atomic mass is 16.5. The van der Waals surface area contributed by atoms with Crippen molar-refractivity contribution in [1.82, 2.24) is 21.3 Å². The zero-order chi connectivity index (χ0) is 52.2. The highest BCUT2D eigenvalue weighted by Gasteiger charge is 2.26. The van der Waals surface area contributed by atoms with Crippen LogP contribution in [0.1, 0.15) is 161 Å². The number of Topliss-reactive ketones (excluding diaryl/α,β-unsaturated/α-hetero) is 2. The molecule has 0 aliphatic heterocycles. The van der Waals surface area contributed by atoms with Crippen molar-refractivity contribution in [3.05, 3.63) is 0 Å². The van der Waals surface area contributed by atoms with E-state index in [2.05, 4.69) is 28.2 Å². The van der Waals surface area contributed by atoms with Gasteiger partial charge in [-0.2, -0.15) is 0 Å². The topological polar surface area (TPSA) is 337 Å². The first-order chi connectivity index (χ1) is 33.5. The molecule has 8 N–H and O–H groups in total. The molecule has 0 saturated heterocycles. The van der Waals surface area contributed by atoms with Crippen LogP contribution in [0.4, 0.5) is 0 Å². The Hall–Kier alpha value is -5.06. The SMILES string of the molecule is CCCCCNC(=O)COCCOCCNC(=O)COCCOCCCC(=O)CC[C@H](NC(=O)CC[C@H](NC(=O)CC[C@H](CC(=O)CCCCCCCCCCCCC(=O)O)C(=O)O)C(=O)O)C(=O)O. The van der Waals surface area contributed by atoms with Crippen LogP contribution >= 0.6 is 0 Å². The molecule has 3 atom stereocenters. The molecular formula is C48H82N4O18. The Morgan fingerprint density at radius 1 is 0.400 bits per heavy atom. The molecule has 0 aliphatic rings. The number of unbranched alkanes of at least 4 members (excludes halogenated alkanes) is 11. The number of rotatable bonds is 50. The van der Waals surface area contributed by atoms with E-state index in [1.807, 2.05) is 0 Å². The molecule has 22 nitrogen and oxygen atoms in total. The van der Waals surface area contributed by atoms with Gasteiger partial charge in [0.2, 0.25) is 23.6 Å². The van der Waals surface area contributed by atoms with Crippen LogP contribution in [0.5, 0.6) is 0 Å². The van der Waals surface area contributed by atoms with E-state index in [4.69, 9.17) is 24.1 Å². The van der Waals surface area contributed by atoms with Crippen LogP contribution in [0, 0.1) is 5.92 Å². The van der Waals surface area contributed by atoms with E-state index in [0.29, 0.717) is 25.8 Å². The quantitative estimate of drug-likeness (QED) is 0.0403. The van der Waals surface area contributed by atoms with E-state index >= 15 is 0 Å². The molecule has 22 heteroatoms. The number of carboxylic acid groups (broad SMARTS) is 4. The van der Waals surface area contributed by atoms with Gasteiger partial charge in [-0.3, -0.25) is 38.4 Å². The second kappa shape index (κ2) is 43.9. The predicted octanol–water partition coefficient (Wildman–Crippen LogP) is 3.73. The van der Waals surface area contributed by atoms with Crippen molar-refractivity contribution >= 4 is 59.1 Å². The Morgan fingerprint density at radius 2 is 0.857 bits per heavy atom. The van der Waals surface area contributed by atoms with Crippen LogP contribution in [0.25, 0.3) is 0 Å². The first kappa shape index (κ1) is 64.9. The minimum atomic E-state index is -1.54. The van der Waals surface area contributed by atoms with E-state index in [1.165, 1.54) is 0 Å². The summed E-state index contributed by atoms with van der Waals surface area (Å²) in [5.41, 5.74) is 0. The summed E-state index contributed by atoms with van der Waals surface area (Å²) in [5.74, 6) is -8.67. The van der Waals surface area contributed by atoms with E-state index in [9.17, 15) is 63.3 Å². The number of hydrogen-bond acceptors (Lipinski definition) is 14. The van der Waals surface area contributed by atoms with Gasteiger partial charge in [-0.05, 0) is 44.9 Å². The van der Waals surface area contributed by atoms with Crippen molar-refractivity contribution in [3.8, 4) is 0 Å². The third-order valence-electron chi connectivity index (χ3n) is 10.9. The number of aliphatic carboxylic acids is 4. The molecule has 0 fully saturated rings. The number of ether oxygens (including phenoxy) is 4. The average molecular weight is 1000 g/mol. The number of hydrogen-bond donors (Lipinski definition) is 8. The van der Waals surface area contributed by atoms with Crippen molar-refractivity contribution in [2.45, 2.75) is 173 Å². The van der Waals surface area contributed by atoms with Gasteiger partial charge in [0.05, 0.1) is 39.0 Å². The highest BCUT2D eigenvalue weighted by Crippen LogP contribution is 2.17. The molecule has 0 spiro atoms. The molecule has 0 aromatic heterocycles. The van der Waals surface area contributed by atoms with Crippen molar-refractivity contribution in [2.24, 2.45) is 5.92 Å². The molecule has 70 heavy (non-hydrogen) atoms. The van der Waals surface area contributed by atoms with Gasteiger partial charge in [0.15, 0.2) is 0 Å². The maximum absolute atomic E-state index is 12.6. The average Bonchev–Trinajstić information content (AvgIpc) is 3.30. The van der Waals surface area contributed by atoms with Gasteiger partial charge < -0.3 is 60.6 Å². The fourth-order valence-electron chi connectivity index (χ4n) is 6.87. The smallest absolute Gasteiger partial charge is 0.326 e. The lowest BCUT2D eigenvalue weighted by molar-refractivity contribution is -0.145. The van der Waals surface area contributed by atoms with Gasteiger partial charge in [-0.25, -0.2) is 9.59 Å². The Balaban J connectivity index is 4.22. The van der Waals surface area contributed by atoms with Gasteiger partial charge in [0, 0.05) is 64.6 Å². The highest BCUT2D eigenvalue weighted by molar-refractivity contribution is 5.87. The molecular weight excluding hydrogens is 921 g/mol. The Labute approximate surface area is 411 Å². The molecule has 0 rings (SSSR count). The molecule has 0 aliphatic carbocycles. The summed E-state index contributed by atoms with van der Waals surface area (Å²) in [7, 11) is 0. The van der Waals surface area contributed by atoms with Crippen LogP contribution in [0.3, 0.4) is 0 Å². The third-order valence-corrected chi connectivity index (χ3v) is 10.9. The van der Waals surface area contributed by atoms with Gasteiger partial charge in [-0.1, -0.05) is 71.1 Å². The molecule has 0 heterocycles. The van der Waals surface area contributed by atoms with Crippen molar-refractivity contribution in [2.75, 3.05) is 65.9 Å².